The summed E-state index contributed by atoms with van der Waals surface area (Å²) < 4.78 is 38.3. The Labute approximate surface area is 160 Å². The molecule has 1 saturated carbocycles. The van der Waals surface area contributed by atoms with E-state index in [0.29, 0.717) is 25.5 Å². The number of carbonyl (C=O) groups excluding carboxylic acids is 1. The number of rotatable bonds is 4. The van der Waals surface area contributed by atoms with Crippen LogP contribution in [0.4, 0.5) is 14.8 Å². The topological polar surface area (TPSA) is 80.5 Å². The largest absolute Gasteiger partial charge is 0.492 e. The summed E-state index contributed by atoms with van der Waals surface area (Å²) in [6.45, 7) is 0.868. The van der Waals surface area contributed by atoms with Crippen LogP contribution in [0.15, 0.2) is 28.7 Å². The number of carbonyl (C=O) groups is 1. The van der Waals surface area contributed by atoms with E-state index in [2.05, 4.69) is 15.5 Å². The molecule has 0 radical (unpaired) electrons. The zero-order valence-corrected chi connectivity index (χ0v) is 15.2. The zero-order valence-electron chi connectivity index (χ0n) is 15.2. The Morgan fingerprint density at radius 3 is 2.93 bits per heavy atom. The van der Waals surface area contributed by atoms with E-state index < -0.39 is 11.3 Å². The highest BCUT2D eigenvalue weighted by atomic mass is 19.3. The minimum absolute atomic E-state index is 0.0517. The van der Waals surface area contributed by atoms with Gasteiger partial charge in [-0.05, 0) is 24.5 Å². The van der Waals surface area contributed by atoms with Gasteiger partial charge in [-0.15, -0.1) is 5.10 Å². The summed E-state index contributed by atoms with van der Waals surface area (Å²) in [6, 6.07) is 7.96. The number of hydrogen-bond donors (Lipinski definition) is 1. The van der Waals surface area contributed by atoms with Gasteiger partial charge in [-0.1, -0.05) is 23.3 Å². The van der Waals surface area contributed by atoms with E-state index in [1.165, 1.54) is 4.90 Å². The van der Waals surface area contributed by atoms with Crippen molar-refractivity contribution < 1.29 is 22.7 Å². The Morgan fingerprint density at radius 1 is 1.32 bits per heavy atom. The predicted molar refractivity (Wildman–Crippen MR) is 94.4 cm³/mol. The molecule has 1 aromatic heterocycles. The molecule has 0 bridgehead atoms. The molecule has 1 N–H and O–H groups in total. The highest BCUT2D eigenvalue weighted by Crippen LogP contribution is 2.65. The first-order valence-corrected chi connectivity index (χ1v) is 9.39. The Hall–Kier alpha value is -2.71. The monoisotopic (exact) mass is 390 g/mol. The molecule has 0 unspecified atom stereocenters. The molecule has 1 saturated heterocycles. The second-order valence-electron chi connectivity index (χ2n) is 7.85. The van der Waals surface area contributed by atoms with Crippen molar-refractivity contribution in [3.05, 3.63) is 35.7 Å². The van der Waals surface area contributed by atoms with Crippen LogP contribution in [0, 0.1) is 5.41 Å². The third-order valence-corrected chi connectivity index (χ3v) is 5.98. The number of ether oxygens (including phenoxy) is 1. The lowest BCUT2D eigenvalue weighted by Gasteiger charge is -2.22. The van der Waals surface area contributed by atoms with Crippen molar-refractivity contribution in [3.63, 3.8) is 0 Å². The number of benzene rings is 1. The minimum Gasteiger partial charge on any atom is -0.492 e. The summed E-state index contributed by atoms with van der Waals surface area (Å²) in [5.41, 5.74) is 0.0962. The maximum atomic E-state index is 13.5. The summed E-state index contributed by atoms with van der Waals surface area (Å²) in [6.07, 6.45) is 0.983. The van der Waals surface area contributed by atoms with Gasteiger partial charge < -0.3 is 19.4 Å². The number of fused-ring (bicyclic) bond motifs is 1. The van der Waals surface area contributed by atoms with Gasteiger partial charge in [0.1, 0.15) is 12.4 Å². The highest BCUT2D eigenvalue weighted by Gasteiger charge is 2.72. The smallest absolute Gasteiger partial charge is 0.315 e. The molecule has 148 valence electrons. The van der Waals surface area contributed by atoms with Gasteiger partial charge in [0.25, 0.3) is 5.92 Å². The van der Waals surface area contributed by atoms with E-state index in [0.717, 1.165) is 17.7 Å². The third-order valence-electron chi connectivity index (χ3n) is 5.98. The Balaban J connectivity index is 1.16. The molecule has 3 aliphatic rings. The molecule has 2 atom stereocenters. The first kappa shape index (κ1) is 17.4. The van der Waals surface area contributed by atoms with E-state index in [4.69, 9.17) is 9.15 Å². The molecule has 2 fully saturated rings. The van der Waals surface area contributed by atoms with E-state index >= 15 is 0 Å². The minimum atomic E-state index is -2.63. The van der Waals surface area contributed by atoms with Gasteiger partial charge in [-0.25, -0.2) is 8.78 Å². The quantitative estimate of drug-likeness (QED) is 0.864. The Kier molecular flexibility index (Phi) is 3.82. The fraction of sp³-hybridized carbons (Fsp3) is 0.526. The number of para-hydroxylation sites is 1. The third kappa shape index (κ3) is 2.89. The Morgan fingerprint density at radius 2 is 2.14 bits per heavy atom. The van der Waals surface area contributed by atoms with Gasteiger partial charge in [0.15, 0.2) is 0 Å². The normalized spacial score (nSPS) is 27.4. The predicted octanol–water partition coefficient (Wildman–Crippen LogP) is 2.46. The number of halogens is 2. The zero-order chi connectivity index (χ0) is 19.4. The molecule has 1 aromatic carbocycles. The number of aromatic nitrogens is 2. The van der Waals surface area contributed by atoms with Crippen molar-refractivity contribution in [3.8, 4) is 5.75 Å². The van der Waals surface area contributed by atoms with Gasteiger partial charge in [0.05, 0.1) is 17.9 Å². The van der Waals surface area contributed by atoms with Gasteiger partial charge in [-0.2, -0.15) is 0 Å². The summed E-state index contributed by atoms with van der Waals surface area (Å²) in [5.74, 6) is -1.61. The maximum Gasteiger partial charge on any atom is 0.315 e. The van der Waals surface area contributed by atoms with Crippen molar-refractivity contribution in [2.45, 2.75) is 31.1 Å². The van der Waals surface area contributed by atoms with Crippen molar-refractivity contribution in [1.82, 2.24) is 15.1 Å². The van der Waals surface area contributed by atoms with Crippen molar-refractivity contribution in [2.24, 2.45) is 5.41 Å². The van der Waals surface area contributed by atoms with Crippen LogP contribution in [0.5, 0.6) is 5.75 Å². The molecule has 1 amide bonds. The molecule has 1 spiro atoms. The number of hydrogen-bond acceptors (Lipinski definition) is 6. The van der Waals surface area contributed by atoms with Crippen LogP contribution in [-0.2, 0) is 11.2 Å². The van der Waals surface area contributed by atoms with E-state index in [1.807, 2.05) is 24.3 Å². The molecule has 3 heterocycles. The second-order valence-corrected chi connectivity index (χ2v) is 7.85. The van der Waals surface area contributed by atoms with Crippen molar-refractivity contribution >= 4 is 11.9 Å². The summed E-state index contributed by atoms with van der Waals surface area (Å²) in [4.78, 5) is 13.8. The lowest BCUT2D eigenvalue weighted by Crippen LogP contribution is -2.34. The SMILES string of the molecule is O=C(CNc1nnc([C@@H]2COc3ccccc3C2)o1)N1CC[C@@]2(C1)CC2(F)F. The summed E-state index contributed by atoms with van der Waals surface area (Å²) in [5, 5.41) is 10.8. The number of likely N-dealkylation sites (tertiary alicyclic amines) is 1. The van der Waals surface area contributed by atoms with E-state index in [-0.39, 0.29) is 37.4 Å². The van der Waals surface area contributed by atoms with E-state index in [1.54, 1.807) is 0 Å². The maximum absolute atomic E-state index is 13.5. The standard InChI is InChI=1S/C19H20F2N4O3/c20-19(21)10-18(19)5-6-25(11-18)15(26)8-22-17-24-23-16(28-17)13-7-12-3-1-2-4-14(12)27-9-13/h1-4,13H,5-11H2,(H,22,24)/t13-,18-/m0/s1. The van der Waals surface area contributed by atoms with Gasteiger partial charge in [0, 0.05) is 19.5 Å². The number of anilines is 1. The summed E-state index contributed by atoms with van der Waals surface area (Å²) in [7, 11) is 0. The lowest BCUT2D eigenvalue weighted by atomic mass is 9.97. The molecule has 9 heteroatoms. The van der Waals surface area contributed by atoms with Gasteiger partial charge >= 0.3 is 6.01 Å². The van der Waals surface area contributed by atoms with Crippen LogP contribution in [0.25, 0.3) is 0 Å². The second kappa shape index (κ2) is 6.15. The number of alkyl halides is 2. The van der Waals surface area contributed by atoms with Gasteiger partial charge in [-0.3, -0.25) is 4.79 Å². The van der Waals surface area contributed by atoms with Crippen LogP contribution in [0.2, 0.25) is 0 Å². The number of nitrogens with one attached hydrogen (secondary N) is 1. The molecule has 1 aliphatic carbocycles. The van der Waals surface area contributed by atoms with Crippen LogP contribution in [0.3, 0.4) is 0 Å². The molecule has 28 heavy (non-hydrogen) atoms. The van der Waals surface area contributed by atoms with Crippen molar-refractivity contribution in [2.75, 3.05) is 31.6 Å². The Bertz CT molecular complexity index is 918. The van der Waals surface area contributed by atoms with Crippen molar-refractivity contribution in [1.29, 1.82) is 0 Å². The lowest BCUT2D eigenvalue weighted by molar-refractivity contribution is -0.128. The fourth-order valence-electron chi connectivity index (χ4n) is 4.13. The highest BCUT2D eigenvalue weighted by molar-refractivity contribution is 5.80. The first-order valence-electron chi connectivity index (χ1n) is 9.39. The molecular formula is C19H20F2N4O3. The molecule has 2 aromatic rings. The number of amides is 1. The van der Waals surface area contributed by atoms with Crippen LogP contribution in [0.1, 0.15) is 30.2 Å². The average molecular weight is 390 g/mol. The van der Waals surface area contributed by atoms with Gasteiger partial charge in [0.2, 0.25) is 11.8 Å². The average Bonchev–Trinajstić information content (AvgIpc) is 3.11. The van der Waals surface area contributed by atoms with Crippen LogP contribution < -0.4 is 10.1 Å². The van der Waals surface area contributed by atoms with Crippen LogP contribution in [-0.4, -0.2) is 53.2 Å². The first-order chi connectivity index (χ1) is 13.5. The van der Waals surface area contributed by atoms with Crippen LogP contribution >= 0.6 is 0 Å². The van der Waals surface area contributed by atoms with E-state index in [9.17, 15) is 13.6 Å². The molecule has 7 nitrogen and oxygen atoms in total. The fourth-order valence-corrected chi connectivity index (χ4v) is 4.13. The molecule has 5 rings (SSSR count). The summed E-state index contributed by atoms with van der Waals surface area (Å²) >= 11 is 0. The molecule has 2 aliphatic heterocycles. The number of nitrogens with zero attached hydrogens (tertiary/aromatic N) is 3. The molecular weight excluding hydrogens is 370 g/mol.